The molecule has 5 heteroatoms. The highest BCUT2D eigenvalue weighted by atomic mass is 32.2. The Hall–Kier alpha value is -0.680. The zero-order chi connectivity index (χ0) is 12.1. The van der Waals surface area contributed by atoms with E-state index in [-0.39, 0.29) is 0 Å². The molecule has 0 aliphatic rings. The van der Waals surface area contributed by atoms with E-state index in [9.17, 15) is 9.00 Å². The van der Waals surface area contributed by atoms with Crippen molar-refractivity contribution in [2.24, 2.45) is 11.5 Å². The third-order valence-electron chi connectivity index (χ3n) is 1.97. The molecule has 0 aromatic carbocycles. The van der Waals surface area contributed by atoms with Crippen molar-refractivity contribution >= 4 is 16.7 Å². The zero-order valence-corrected chi connectivity index (χ0v) is 10.4. The standard InChI is InChI=1S/C10H20N2O2S/c1-8(2)7-15(14)6-4-5-10(3,12)9(11)13/h7H,4-6,12H2,1-3H3,(H2,11,13). The maximum Gasteiger partial charge on any atom is 0.237 e. The number of primary amides is 1. The Kier molecular flexibility index (Phi) is 5.75. The van der Waals surface area contributed by atoms with Gasteiger partial charge in [0.2, 0.25) is 5.91 Å². The summed E-state index contributed by atoms with van der Waals surface area (Å²) in [6.45, 7) is 5.39. The van der Waals surface area contributed by atoms with Crippen LogP contribution >= 0.6 is 0 Å². The van der Waals surface area contributed by atoms with Gasteiger partial charge in [-0.05, 0) is 33.6 Å². The summed E-state index contributed by atoms with van der Waals surface area (Å²) in [5.74, 6) is 0.00104. The van der Waals surface area contributed by atoms with Crippen LogP contribution in [0.4, 0.5) is 0 Å². The summed E-state index contributed by atoms with van der Waals surface area (Å²) in [4.78, 5) is 10.9. The van der Waals surface area contributed by atoms with Gasteiger partial charge in [0.25, 0.3) is 0 Å². The fourth-order valence-corrected chi connectivity index (χ4v) is 2.10. The molecule has 0 fully saturated rings. The van der Waals surface area contributed by atoms with Crippen LogP contribution in [-0.2, 0) is 15.6 Å². The van der Waals surface area contributed by atoms with Crippen molar-refractivity contribution in [3.05, 3.63) is 11.0 Å². The molecule has 0 radical (unpaired) electrons. The van der Waals surface area contributed by atoms with Gasteiger partial charge in [0.15, 0.2) is 0 Å². The molecule has 4 N–H and O–H groups in total. The monoisotopic (exact) mass is 232 g/mol. The summed E-state index contributed by atoms with van der Waals surface area (Å²) in [5.41, 5.74) is 10.8. The van der Waals surface area contributed by atoms with Gasteiger partial charge in [-0.3, -0.25) is 9.00 Å². The Labute approximate surface area is 93.5 Å². The van der Waals surface area contributed by atoms with Gasteiger partial charge in [-0.1, -0.05) is 5.57 Å². The summed E-state index contributed by atoms with van der Waals surface area (Å²) in [6.07, 6.45) is 1.09. The summed E-state index contributed by atoms with van der Waals surface area (Å²) in [5, 5.41) is 1.71. The highest BCUT2D eigenvalue weighted by molar-refractivity contribution is 7.87. The van der Waals surface area contributed by atoms with E-state index >= 15 is 0 Å². The summed E-state index contributed by atoms with van der Waals surface area (Å²) in [6, 6.07) is 0. The number of carbonyl (C=O) groups is 1. The number of rotatable bonds is 6. The Morgan fingerprint density at radius 1 is 1.47 bits per heavy atom. The van der Waals surface area contributed by atoms with Gasteiger partial charge in [0.05, 0.1) is 5.54 Å². The SMILES string of the molecule is CC(C)=CS(=O)CCCC(C)(N)C(N)=O. The first-order valence-corrected chi connectivity index (χ1v) is 6.25. The summed E-state index contributed by atoms with van der Waals surface area (Å²) in [7, 11) is -0.968. The maximum atomic E-state index is 11.4. The Balaban J connectivity index is 3.95. The molecule has 2 atom stereocenters. The molecule has 0 aromatic heterocycles. The highest BCUT2D eigenvalue weighted by Crippen LogP contribution is 2.09. The molecule has 0 bridgehead atoms. The molecule has 0 spiro atoms. The van der Waals surface area contributed by atoms with E-state index in [1.165, 1.54) is 0 Å². The highest BCUT2D eigenvalue weighted by Gasteiger charge is 2.24. The van der Waals surface area contributed by atoms with Crippen molar-refractivity contribution < 1.29 is 9.00 Å². The predicted molar refractivity (Wildman–Crippen MR) is 63.5 cm³/mol. The number of hydrogen-bond donors (Lipinski definition) is 2. The summed E-state index contributed by atoms with van der Waals surface area (Å²) >= 11 is 0. The second-order valence-corrected chi connectivity index (χ2v) is 5.57. The lowest BCUT2D eigenvalue weighted by atomic mass is 9.97. The number of nitrogens with two attached hydrogens (primary N) is 2. The van der Waals surface area contributed by atoms with Crippen LogP contribution in [0.1, 0.15) is 33.6 Å². The molecule has 1 amide bonds. The Bertz CT molecular complexity index is 281. The molecule has 0 heterocycles. The lowest BCUT2D eigenvalue weighted by Gasteiger charge is -2.19. The van der Waals surface area contributed by atoms with Crippen molar-refractivity contribution in [3.63, 3.8) is 0 Å². The zero-order valence-electron chi connectivity index (χ0n) is 9.58. The molecule has 88 valence electrons. The number of hydrogen-bond acceptors (Lipinski definition) is 3. The van der Waals surface area contributed by atoms with Gasteiger partial charge in [0.1, 0.15) is 0 Å². The van der Waals surface area contributed by atoms with Gasteiger partial charge in [-0.2, -0.15) is 0 Å². The average Bonchev–Trinajstić information content (AvgIpc) is 2.01. The van der Waals surface area contributed by atoms with E-state index in [0.29, 0.717) is 18.6 Å². The van der Waals surface area contributed by atoms with E-state index in [0.717, 1.165) is 5.57 Å². The number of allylic oxidation sites excluding steroid dienone is 1. The van der Waals surface area contributed by atoms with Crippen molar-refractivity contribution in [2.75, 3.05) is 5.75 Å². The maximum absolute atomic E-state index is 11.4. The second kappa shape index (κ2) is 6.02. The quantitative estimate of drug-likeness (QED) is 0.704. The van der Waals surface area contributed by atoms with Crippen LogP contribution in [0.25, 0.3) is 0 Å². The predicted octanol–water partition coefficient (Wildman–Crippen LogP) is 0.642. The molecule has 2 unspecified atom stereocenters. The van der Waals surface area contributed by atoms with Crippen LogP contribution in [0.3, 0.4) is 0 Å². The van der Waals surface area contributed by atoms with Crippen LogP contribution in [0, 0.1) is 0 Å². The fourth-order valence-electron chi connectivity index (χ4n) is 1.03. The number of amides is 1. The topological polar surface area (TPSA) is 86.2 Å². The first-order chi connectivity index (χ1) is 6.75. The fraction of sp³-hybridized carbons (Fsp3) is 0.700. The minimum absolute atomic E-state index is 0.463. The minimum atomic E-state index is -0.991. The second-order valence-electron chi connectivity index (χ2n) is 4.17. The van der Waals surface area contributed by atoms with Gasteiger partial charge in [0, 0.05) is 22.0 Å². The van der Waals surface area contributed by atoms with Crippen LogP contribution < -0.4 is 11.5 Å². The van der Waals surface area contributed by atoms with E-state index in [1.807, 2.05) is 13.8 Å². The van der Waals surface area contributed by atoms with Crippen molar-refractivity contribution in [3.8, 4) is 0 Å². The molecule has 0 aliphatic carbocycles. The molecule has 15 heavy (non-hydrogen) atoms. The Morgan fingerprint density at radius 3 is 2.40 bits per heavy atom. The Morgan fingerprint density at radius 2 is 2.00 bits per heavy atom. The van der Waals surface area contributed by atoms with Gasteiger partial charge in [-0.15, -0.1) is 0 Å². The van der Waals surface area contributed by atoms with Crippen LogP contribution in [0.5, 0.6) is 0 Å². The van der Waals surface area contributed by atoms with Crippen molar-refractivity contribution in [1.29, 1.82) is 0 Å². The molecule has 0 saturated carbocycles. The molecule has 0 aliphatic heterocycles. The molecular formula is C10H20N2O2S. The van der Waals surface area contributed by atoms with E-state index in [4.69, 9.17) is 11.5 Å². The number of carbonyl (C=O) groups excluding carboxylic acids is 1. The van der Waals surface area contributed by atoms with E-state index in [1.54, 1.807) is 12.3 Å². The first-order valence-electron chi connectivity index (χ1n) is 4.86. The molecular weight excluding hydrogens is 212 g/mol. The van der Waals surface area contributed by atoms with Crippen LogP contribution in [0.15, 0.2) is 11.0 Å². The first kappa shape index (κ1) is 14.3. The van der Waals surface area contributed by atoms with Gasteiger partial charge < -0.3 is 11.5 Å². The molecule has 0 saturated heterocycles. The van der Waals surface area contributed by atoms with E-state index < -0.39 is 22.2 Å². The summed E-state index contributed by atoms with van der Waals surface area (Å²) < 4.78 is 11.4. The molecule has 0 aromatic rings. The van der Waals surface area contributed by atoms with Crippen LogP contribution in [-0.4, -0.2) is 21.4 Å². The van der Waals surface area contributed by atoms with Crippen LogP contribution in [0.2, 0.25) is 0 Å². The smallest absolute Gasteiger partial charge is 0.237 e. The lowest BCUT2D eigenvalue weighted by Crippen LogP contribution is -2.49. The minimum Gasteiger partial charge on any atom is -0.368 e. The van der Waals surface area contributed by atoms with Crippen molar-refractivity contribution in [2.45, 2.75) is 39.2 Å². The van der Waals surface area contributed by atoms with E-state index in [2.05, 4.69) is 0 Å². The molecule has 0 rings (SSSR count). The lowest BCUT2D eigenvalue weighted by molar-refractivity contribution is -0.122. The van der Waals surface area contributed by atoms with Gasteiger partial charge in [-0.25, -0.2) is 0 Å². The largest absolute Gasteiger partial charge is 0.368 e. The normalized spacial score (nSPS) is 16.5. The third-order valence-corrected chi connectivity index (χ3v) is 3.40. The van der Waals surface area contributed by atoms with Crippen molar-refractivity contribution in [1.82, 2.24) is 0 Å². The average molecular weight is 232 g/mol. The molecule has 4 nitrogen and oxygen atoms in total. The third kappa shape index (κ3) is 6.41. The van der Waals surface area contributed by atoms with Gasteiger partial charge >= 0.3 is 0 Å².